The topological polar surface area (TPSA) is 33.7 Å². The van der Waals surface area contributed by atoms with Crippen LogP contribution in [-0.2, 0) is 9.47 Å². The summed E-state index contributed by atoms with van der Waals surface area (Å²) in [6, 6.07) is 0. The second-order valence-electron chi connectivity index (χ2n) is 5.04. The van der Waals surface area contributed by atoms with Gasteiger partial charge in [0.1, 0.15) is 0 Å². The van der Waals surface area contributed by atoms with Crippen LogP contribution >= 0.6 is 0 Å². The molecule has 4 heteroatoms. The van der Waals surface area contributed by atoms with Gasteiger partial charge in [-0.15, -0.1) is 0 Å². The quantitative estimate of drug-likeness (QED) is 0.701. The molecule has 0 aromatic rings. The van der Waals surface area contributed by atoms with Crippen molar-refractivity contribution in [2.45, 2.75) is 38.4 Å². The van der Waals surface area contributed by atoms with Crippen LogP contribution < -0.4 is 5.32 Å². The molecule has 2 aliphatic rings. The number of ether oxygens (including phenoxy) is 2. The van der Waals surface area contributed by atoms with Gasteiger partial charge in [0.15, 0.2) is 0 Å². The number of nitrogens with one attached hydrogen (secondary N) is 1. The van der Waals surface area contributed by atoms with Gasteiger partial charge in [-0.1, -0.05) is 6.92 Å². The molecular weight excluding hydrogens is 216 g/mol. The van der Waals surface area contributed by atoms with E-state index in [0.29, 0.717) is 12.2 Å². The molecule has 17 heavy (non-hydrogen) atoms. The van der Waals surface area contributed by atoms with Gasteiger partial charge in [0, 0.05) is 39.3 Å². The Balaban J connectivity index is 1.52. The Bertz CT molecular complexity index is 208. The lowest BCUT2D eigenvalue weighted by Gasteiger charge is -2.32. The van der Waals surface area contributed by atoms with Gasteiger partial charge in [-0.2, -0.15) is 0 Å². The van der Waals surface area contributed by atoms with Crippen molar-refractivity contribution in [3.05, 3.63) is 0 Å². The van der Waals surface area contributed by atoms with E-state index < -0.39 is 0 Å². The third kappa shape index (κ3) is 4.54. The van der Waals surface area contributed by atoms with Crippen LogP contribution in [0.3, 0.4) is 0 Å². The maximum atomic E-state index is 5.66. The van der Waals surface area contributed by atoms with Gasteiger partial charge in [-0.25, -0.2) is 0 Å². The first-order valence-electron chi connectivity index (χ1n) is 7.04. The van der Waals surface area contributed by atoms with Crippen LogP contribution in [0, 0.1) is 0 Å². The van der Waals surface area contributed by atoms with Crippen molar-refractivity contribution in [3.8, 4) is 0 Å². The molecule has 2 unspecified atom stereocenters. The van der Waals surface area contributed by atoms with E-state index in [1.54, 1.807) is 0 Å². The third-order valence-corrected chi connectivity index (χ3v) is 3.68. The van der Waals surface area contributed by atoms with E-state index in [4.69, 9.17) is 9.47 Å². The van der Waals surface area contributed by atoms with E-state index in [9.17, 15) is 0 Å². The minimum atomic E-state index is 0.446. The van der Waals surface area contributed by atoms with Gasteiger partial charge < -0.3 is 14.8 Å². The molecule has 2 rings (SSSR count). The minimum Gasteiger partial charge on any atom is -0.377 e. The second kappa shape index (κ2) is 7.31. The molecule has 0 spiro atoms. The van der Waals surface area contributed by atoms with Crippen molar-refractivity contribution in [1.29, 1.82) is 0 Å². The van der Waals surface area contributed by atoms with Crippen molar-refractivity contribution in [3.63, 3.8) is 0 Å². The molecule has 4 nitrogen and oxygen atoms in total. The maximum Gasteiger partial charge on any atom is 0.0700 e. The third-order valence-electron chi connectivity index (χ3n) is 3.68. The smallest absolute Gasteiger partial charge is 0.0700 e. The molecule has 2 atom stereocenters. The van der Waals surface area contributed by atoms with Crippen LogP contribution in [0.25, 0.3) is 0 Å². The molecule has 1 N–H and O–H groups in total. The van der Waals surface area contributed by atoms with Crippen molar-refractivity contribution in [1.82, 2.24) is 10.2 Å². The van der Waals surface area contributed by atoms with E-state index >= 15 is 0 Å². The van der Waals surface area contributed by atoms with Crippen LogP contribution in [0.4, 0.5) is 0 Å². The van der Waals surface area contributed by atoms with Crippen LogP contribution in [0.15, 0.2) is 0 Å². The highest BCUT2D eigenvalue weighted by molar-refractivity contribution is 4.72. The molecule has 0 saturated carbocycles. The molecule has 0 radical (unpaired) electrons. The largest absolute Gasteiger partial charge is 0.377 e. The summed E-state index contributed by atoms with van der Waals surface area (Å²) >= 11 is 0. The van der Waals surface area contributed by atoms with Crippen LogP contribution in [0.2, 0.25) is 0 Å². The summed E-state index contributed by atoms with van der Waals surface area (Å²) in [5.41, 5.74) is 0. The Morgan fingerprint density at radius 1 is 1.24 bits per heavy atom. The molecule has 2 heterocycles. The van der Waals surface area contributed by atoms with Crippen molar-refractivity contribution in [2.24, 2.45) is 0 Å². The van der Waals surface area contributed by atoms with E-state index in [0.717, 1.165) is 52.4 Å². The summed E-state index contributed by atoms with van der Waals surface area (Å²) in [5.74, 6) is 0. The van der Waals surface area contributed by atoms with E-state index in [1.807, 2.05) is 0 Å². The average molecular weight is 242 g/mol. The fourth-order valence-corrected chi connectivity index (χ4v) is 2.54. The highest BCUT2D eigenvalue weighted by Crippen LogP contribution is 2.10. The van der Waals surface area contributed by atoms with E-state index in [-0.39, 0.29) is 0 Å². The highest BCUT2D eigenvalue weighted by Gasteiger charge is 2.18. The van der Waals surface area contributed by atoms with Gasteiger partial charge in [-0.3, -0.25) is 4.90 Å². The lowest BCUT2D eigenvalue weighted by atomic mass is 10.2. The molecule has 100 valence electrons. The first kappa shape index (κ1) is 13.3. The number of hydrogen-bond acceptors (Lipinski definition) is 4. The van der Waals surface area contributed by atoms with Gasteiger partial charge in [0.2, 0.25) is 0 Å². The van der Waals surface area contributed by atoms with Gasteiger partial charge in [0.25, 0.3) is 0 Å². The fourth-order valence-electron chi connectivity index (χ4n) is 2.54. The van der Waals surface area contributed by atoms with Crippen molar-refractivity contribution >= 4 is 0 Å². The van der Waals surface area contributed by atoms with Gasteiger partial charge in [-0.05, 0) is 19.3 Å². The SMILES string of the molecule is CCC1CN(CCNCC2CCCO2)CCO1. The van der Waals surface area contributed by atoms with E-state index in [2.05, 4.69) is 17.1 Å². The van der Waals surface area contributed by atoms with Crippen molar-refractivity contribution < 1.29 is 9.47 Å². The lowest BCUT2D eigenvalue weighted by Crippen LogP contribution is -2.45. The molecule has 2 saturated heterocycles. The summed E-state index contributed by atoms with van der Waals surface area (Å²) in [5, 5.41) is 3.50. The van der Waals surface area contributed by atoms with Crippen molar-refractivity contribution in [2.75, 3.05) is 45.9 Å². The molecule has 0 bridgehead atoms. The standard InChI is InChI=1S/C13H26N2O2/c1-2-12-11-15(7-9-17-12)6-5-14-10-13-4-3-8-16-13/h12-14H,2-11H2,1H3. The lowest BCUT2D eigenvalue weighted by molar-refractivity contribution is -0.0292. The minimum absolute atomic E-state index is 0.446. The molecule has 0 amide bonds. The Morgan fingerprint density at radius 2 is 2.12 bits per heavy atom. The fraction of sp³-hybridized carbons (Fsp3) is 1.00. The Morgan fingerprint density at radius 3 is 2.88 bits per heavy atom. The Kier molecular flexibility index (Phi) is 5.71. The normalized spacial score (nSPS) is 30.9. The predicted octanol–water partition coefficient (Wildman–Crippen LogP) is 0.866. The second-order valence-corrected chi connectivity index (χ2v) is 5.04. The first-order valence-corrected chi connectivity index (χ1v) is 7.04. The number of rotatable bonds is 6. The zero-order chi connectivity index (χ0) is 11.9. The zero-order valence-electron chi connectivity index (χ0n) is 11.0. The van der Waals surface area contributed by atoms with Gasteiger partial charge >= 0.3 is 0 Å². The number of hydrogen-bond donors (Lipinski definition) is 1. The Hall–Kier alpha value is -0.160. The molecule has 0 aromatic heterocycles. The number of morpholine rings is 1. The predicted molar refractivity (Wildman–Crippen MR) is 68.3 cm³/mol. The average Bonchev–Trinajstić information content (AvgIpc) is 2.88. The van der Waals surface area contributed by atoms with Crippen LogP contribution in [0.5, 0.6) is 0 Å². The molecule has 0 aromatic carbocycles. The summed E-state index contributed by atoms with van der Waals surface area (Å²) in [4.78, 5) is 2.50. The van der Waals surface area contributed by atoms with Crippen LogP contribution in [0.1, 0.15) is 26.2 Å². The zero-order valence-corrected chi connectivity index (χ0v) is 11.0. The molecule has 2 fully saturated rings. The summed E-state index contributed by atoms with van der Waals surface area (Å²) < 4.78 is 11.2. The summed E-state index contributed by atoms with van der Waals surface area (Å²) in [7, 11) is 0. The highest BCUT2D eigenvalue weighted by atomic mass is 16.5. The maximum absolute atomic E-state index is 5.66. The summed E-state index contributed by atoms with van der Waals surface area (Å²) in [6.45, 7) is 9.43. The number of nitrogens with zero attached hydrogens (tertiary/aromatic N) is 1. The van der Waals surface area contributed by atoms with E-state index in [1.165, 1.54) is 12.8 Å². The molecule has 0 aliphatic carbocycles. The Labute approximate surface area is 105 Å². The monoisotopic (exact) mass is 242 g/mol. The first-order chi connectivity index (χ1) is 8.38. The van der Waals surface area contributed by atoms with Gasteiger partial charge in [0.05, 0.1) is 18.8 Å². The molecular formula is C13H26N2O2. The summed E-state index contributed by atoms with van der Waals surface area (Å²) in [6.07, 6.45) is 4.49. The van der Waals surface area contributed by atoms with Crippen LogP contribution in [-0.4, -0.2) is 63.0 Å². The molecule has 2 aliphatic heterocycles.